The van der Waals surface area contributed by atoms with E-state index < -0.39 is 15.8 Å². The molecule has 1 fully saturated rings. The summed E-state index contributed by atoms with van der Waals surface area (Å²) in [6, 6.07) is 3.60. The zero-order valence-electron chi connectivity index (χ0n) is 13.8. The number of carbonyl (C=O) groups excluding carboxylic acids is 1. The number of benzene rings is 1. The van der Waals surface area contributed by atoms with Crippen LogP contribution in [0.4, 0.5) is 10.1 Å². The first-order valence-corrected chi connectivity index (χ1v) is 9.99. The van der Waals surface area contributed by atoms with E-state index in [-0.39, 0.29) is 23.2 Å². The molecule has 1 amide bonds. The number of amides is 1. The summed E-state index contributed by atoms with van der Waals surface area (Å²) in [6.07, 6.45) is 1.01. The maximum atomic E-state index is 13.3. The Labute approximate surface area is 146 Å². The number of nitrogens with one attached hydrogen (secondary N) is 1. The molecule has 9 heteroatoms. The first-order valence-electron chi connectivity index (χ1n) is 7.76. The molecule has 1 aliphatic rings. The molecule has 0 aliphatic carbocycles. The Bertz CT molecular complexity index is 706. The second-order valence-electron chi connectivity index (χ2n) is 5.85. The summed E-state index contributed by atoms with van der Waals surface area (Å²) in [4.78, 5) is 15.6. The summed E-state index contributed by atoms with van der Waals surface area (Å²) >= 11 is 5.73. The van der Waals surface area contributed by atoms with Gasteiger partial charge in [-0.25, -0.2) is 12.8 Å². The fourth-order valence-electron chi connectivity index (χ4n) is 2.69. The predicted molar refractivity (Wildman–Crippen MR) is 91.4 cm³/mol. The van der Waals surface area contributed by atoms with Gasteiger partial charge >= 0.3 is 0 Å². The molecule has 0 radical (unpaired) electrons. The molecule has 1 aromatic rings. The van der Waals surface area contributed by atoms with Crippen LogP contribution < -0.4 is 9.21 Å². The van der Waals surface area contributed by atoms with Gasteiger partial charge in [0.15, 0.2) is 0 Å². The van der Waals surface area contributed by atoms with Gasteiger partial charge in [-0.2, -0.15) is 0 Å². The number of halogens is 2. The highest BCUT2D eigenvalue weighted by atomic mass is 35.5. The standard InChI is InChI=1S/C15H21ClFN3O3S/c1-3-18-6-8-19(9-7-18)15(21)11-20(24(2,22)23)12-4-5-14(17)13(16)10-12/h4-5,10H,3,6-9,11H2,1-2H3/p+1. The Morgan fingerprint density at radius 1 is 1.38 bits per heavy atom. The van der Waals surface area contributed by atoms with Crippen molar-refractivity contribution in [1.29, 1.82) is 0 Å². The van der Waals surface area contributed by atoms with Gasteiger partial charge in [0, 0.05) is 0 Å². The molecular weight excluding hydrogens is 357 g/mol. The number of likely N-dealkylation sites (N-methyl/N-ethyl adjacent to an activating group) is 1. The zero-order chi connectivity index (χ0) is 17.9. The summed E-state index contributed by atoms with van der Waals surface area (Å²) in [7, 11) is -3.70. The number of sulfonamides is 1. The molecule has 0 atom stereocenters. The van der Waals surface area contributed by atoms with Crippen molar-refractivity contribution < 1.29 is 22.5 Å². The second-order valence-corrected chi connectivity index (χ2v) is 8.17. The highest BCUT2D eigenvalue weighted by Gasteiger charge is 2.27. The maximum absolute atomic E-state index is 13.3. The monoisotopic (exact) mass is 378 g/mol. The highest BCUT2D eigenvalue weighted by Crippen LogP contribution is 2.24. The van der Waals surface area contributed by atoms with E-state index in [1.807, 2.05) is 0 Å². The molecule has 1 heterocycles. The van der Waals surface area contributed by atoms with Crippen LogP contribution in [-0.2, 0) is 14.8 Å². The molecule has 0 spiro atoms. The van der Waals surface area contributed by atoms with Gasteiger partial charge in [-0.3, -0.25) is 9.10 Å². The quantitative estimate of drug-likeness (QED) is 0.784. The fraction of sp³-hybridized carbons (Fsp3) is 0.533. The summed E-state index contributed by atoms with van der Waals surface area (Å²) in [5.74, 6) is -0.908. The molecule has 0 aromatic heterocycles. The number of rotatable bonds is 5. The van der Waals surface area contributed by atoms with Gasteiger partial charge in [0.05, 0.1) is 49.7 Å². The Hall–Kier alpha value is -1.38. The van der Waals surface area contributed by atoms with E-state index in [0.717, 1.165) is 36.3 Å². The van der Waals surface area contributed by atoms with Crippen molar-refractivity contribution in [3.8, 4) is 0 Å². The Kier molecular flexibility index (Phi) is 6.06. The predicted octanol–water partition coefficient (Wildman–Crippen LogP) is -0.00790. The van der Waals surface area contributed by atoms with Crippen LogP contribution in [0.5, 0.6) is 0 Å². The molecule has 0 bridgehead atoms. The lowest BCUT2D eigenvalue weighted by atomic mass is 10.3. The molecule has 1 N–H and O–H groups in total. The van der Waals surface area contributed by atoms with Crippen molar-refractivity contribution in [2.24, 2.45) is 0 Å². The molecule has 1 saturated heterocycles. The van der Waals surface area contributed by atoms with Crippen LogP contribution in [0.25, 0.3) is 0 Å². The third-order valence-corrected chi connectivity index (χ3v) is 5.62. The first kappa shape index (κ1) is 19.0. The fourth-order valence-corrected chi connectivity index (χ4v) is 3.71. The summed E-state index contributed by atoms with van der Waals surface area (Å²) in [5, 5.41) is -0.186. The van der Waals surface area contributed by atoms with Crippen LogP contribution in [-0.4, -0.2) is 64.7 Å². The van der Waals surface area contributed by atoms with Crippen LogP contribution in [0.2, 0.25) is 5.02 Å². The van der Waals surface area contributed by atoms with Crippen molar-refractivity contribution in [2.75, 3.05) is 49.8 Å². The van der Waals surface area contributed by atoms with E-state index in [4.69, 9.17) is 11.6 Å². The smallest absolute Gasteiger partial charge is 0.243 e. The Balaban J connectivity index is 2.15. The number of nitrogens with zero attached hydrogens (tertiary/aromatic N) is 2. The first-order chi connectivity index (χ1) is 11.2. The van der Waals surface area contributed by atoms with E-state index in [0.29, 0.717) is 13.1 Å². The maximum Gasteiger partial charge on any atom is 0.243 e. The lowest BCUT2D eigenvalue weighted by Crippen LogP contribution is -3.14. The SMILES string of the molecule is CC[NH+]1CCN(C(=O)CN(c2ccc(F)c(Cl)c2)S(C)(=O)=O)CC1. The molecule has 6 nitrogen and oxygen atoms in total. The molecule has 1 aliphatic heterocycles. The van der Waals surface area contributed by atoms with Crippen LogP contribution >= 0.6 is 11.6 Å². The van der Waals surface area contributed by atoms with Crippen LogP contribution in [0.1, 0.15) is 6.92 Å². The van der Waals surface area contributed by atoms with Crippen molar-refractivity contribution in [3.05, 3.63) is 29.0 Å². The van der Waals surface area contributed by atoms with E-state index in [1.165, 1.54) is 17.0 Å². The molecule has 0 saturated carbocycles. The van der Waals surface area contributed by atoms with E-state index in [1.54, 1.807) is 4.90 Å². The summed E-state index contributed by atoms with van der Waals surface area (Å²) in [6.45, 7) is 5.69. The minimum atomic E-state index is -3.70. The van der Waals surface area contributed by atoms with E-state index in [2.05, 4.69) is 6.92 Å². The third kappa shape index (κ3) is 4.58. The highest BCUT2D eigenvalue weighted by molar-refractivity contribution is 7.92. The van der Waals surface area contributed by atoms with Crippen molar-refractivity contribution >= 4 is 33.2 Å². The lowest BCUT2D eigenvalue weighted by molar-refractivity contribution is -0.902. The summed E-state index contributed by atoms with van der Waals surface area (Å²) in [5.41, 5.74) is 0.176. The number of anilines is 1. The minimum absolute atomic E-state index is 0.176. The largest absolute Gasteiger partial charge is 0.332 e. The zero-order valence-corrected chi connectivity index (χ0v) is 15.3. The van der Waals surface area contributed by atoms with Gasteiger partial charge in [0.1, 0.15) is 12.4 Å². The van der Waals surface area contributed by atoms with Crippen LogP contribution in [0, 0.1) is 5.82 Å². The Morgan fingerprint density at radius 3 is 2.50 bits per heavy atom. The van der Waals surface area contributed by atoms with Gasteiger partial charge < -0.3 is 9.80 Å². The molecule has 1 aromatic carbocycles. The van der Waals surface area contributed by atoms with Gasteiger partial charge in [-0.05, 0) is 25.1 Å². The third-order valence-electron chi connectivity index (χ3n) is 4.19. The minimum Gasteiger partial charge on any atom is -0.332 e. The van der Waals surface area contributed by atoms with Crippen LogP contribution in [0.3, 0.4) is 0 Å². The topological polar surface area (TPSA) is 62.1 Å². The van der Waals surface area contributed by atoms with Crippen molar-refractivity contribution in [3.63, 3.8) is 0 Å². The molecule has 2 rings (SSSR count). The normalized spacial score (nSPS) is 16.2. The number of piperazine rings is 1. The Morgan fingerprint density at radius 2 is 2.00 bits per heavy atom. The van der Waals surface area contributed by atoms with Gasteiger partial charge in [0.25, 0.3) is 0 Å². The number of carbonyl (C=O) groups is 1. The number of hydrogen-bond donors (Lipinski definition) is 1. The van der Waals surface area contributed by atoms with E-state index >= 15 is 0 Å². The molecular formula is C15H22ClFN3O3S+. The summed E-state index contributed by atoms with van der Waals surface area (Å²) < 4.78 is 38.4. The average molecular weight is 379 g/mol. The van der Waals surface area contributed by atoms with Crippen LogP contribution in [0.15, 0.2) is 18.2 Å². The lowest BCUT2D eigenvalue weighted by Gasteiger charge is -2.33. The number of hydrogen-bond acceptors (Lipinski definition) is 3. The molecule has 134 valence electrons. The van der Waals surface area contributed by atoms with E-state index in [9.17, 15) is 17.6 Å². The average Bonchev–Trinajstić information content (AvgIpc) is 2.54. The van der Waals surface area contributed by atoms with Gasteiger partial charge in [-0.15, -0.1) is 0 Å². The molecule has 0 unspecified atom stereocenters. The molecule has 24 heavy (non-hydrogen) atoms. The second kappa shape index (κ2) is 7.67. The van der Waals surface area contributed by atoms with Gasteiger partial charge in [-0.1, -0.05) is 11.6 Å². The van der Waals surface area contributed by atoms with Gasteiger partial charge in [0.2, 0.25) is 15.9 Å². The van der Waals surface area contributed by atoms with Crippen molar-refractivity contribution in [1.82, 2.24) is 4.90 Å². The number of quaternary nitrogens is 1. The van der Waals surface area contributed by atoms with Crippen molar-refractivity contribution in [2.45, 2.75) is 6.92 Å².